The number of alkyl carbamates (subject to hydrolysis) is 1. The highest BCUT2D eigenvalue weighted by atomic mass is 16.6. The van der Waals surface area contributed by atoms with Crippen LogP contribution in [0.15, 0.2) is 0 Å². The van der Waals surface area contributed by atoms with Gasteiger partial charge in [-0.05, 0) is 58.3 Å². The molecular formula is C24H42N4O5. The minimum Gasteiger partial charge on any atom is -0.444 e. The topological polar surface area (TPSA) is 108 Å². The van der Waals surface area contributed by atoms with Crippen LogP contribution in [0.2, 0.25) is 0 Å². The fourth-order valence-corrected chi connectivity index (χ4v) is 4.05. The number of carbonyl (C=O) groups excluding carboxylic acids is 4. The minimum absolute atomic E-state index is 0.0783. The summed E-state index contributed by atoms with van der Waals surface area (Å²) in [6.45, 7) is 13.2. The molecule has 0 radical (unpaired) electrons. The van der Waals surface area contributed by atoms with Crippen LogP contribution in [0.25, 0.3) is 0 Å². The summed E-state index contributed by atoms with van der Waals surface area (Å²) in [6.07, 6.45) is 2.53. The maximum atomic E-state index is 13.4. The molecule has 0 aromatic rings. The lowest BCUT2D eigenvalue weighted by Gasteiger charge is -2.33. The number of nitrogens with one attached hydrogen (secondary N) is 2. The number of amides is 4. The van der Waals surface area contributed by atoms with E-state index in [0.717, 1.165) is 12.8 Å². The monoisotopic (exact) mass is 466 g/mol. The summed E-state index contributed by atoms with van der Waals surface area (Å²) in [5.74, 6) is -0.992. The smallest absolute Gasteiger partial charge is 0.408 e. The van der Waals surface area contributed by atoms with E-state index in [1.165, 1.54) is 4.90 Å². The number of carbonyl (C=O) groups is 4. The Morgan fingerprint density at radius 3 is 2.00 bits per heavy atom. The highest BCUT2D eigenvalue weighted by Gasteiger charge is 2.41. The van der Waals surface area contributed by atoms with Crippen molar-refractivity contribution in [3.05, 3.63) is 0 Å². The summed E-state index contributed by atoms with van der Waals surface area (Å²) in [6, 6.07) is -1.86. The van der Waals surface area contributed by atoms with Crippen LogP contribution in [0.3, 0.4) is 0 Å². The van der Waals surface area contributed by atoms with Crippen molar-refractivity contribution in [1.29, 1.82) is 0 Å². The van der Waals surface area contributed by atoms with Crippen molar-refractivity contribution in [2.24, 2.45) is 11.8 Å². The fourth-order valence-electron chi connectivity index (χ4n) is 4.05. The Morgan fingerprint density at radius 2 is 1.52 bits per heavy atom. The second kappa shape index (κ2) is 10.7. The molecule has 1 unspecified atom stereocenters. The predicted molar refractivity (Wildman–Crippen MR) is 125 cm³/mol. The van der Waals surface area contributed by atoms with E-state index in [9.17, 15) is 19.2 Å². The first-order chi connectivity index (χ1) is 15.2. The van der Waals surface area contributed by atoms with Crippen LogP contribution in [0.1, 0.15) is 74.1 Å². The number of nitrogens with zero attached hydrogens (tertiary/aromatic N) is 2. The van der Waals surface area contributed by atoms with Gasteiger partial charge in [0, 0.05) is 19.6 Å². The first-order valence-electron chi connectivity index (χ1n) is 12.1. The van der Waals surface area contributed by atoms with Crippen molar-refractivity contribution in [2.45, 2.75) is 104 Å². The lowest BCUT2D eigenvalue weighted by molar-refractivity contribution is -0.143. The van der Waals surface area contributed by atoms with Gasteiger partial charge in [0.15, 0.2) is 0 Å². The number of likely N-dealkylation sites (N-methyl/N-ethyl adjacent to an activating group) is 1. The van der Waals surface area contributed by atoms with Gasteiger partial charge in [-0.3, -0.25) is 14.4 Å². The zero-order chi connectivity index (χ0) is 25.1. The Balaban J connectivity index is 2.10. The number of rotatable bonds is 8. The van der Waals surface area contributed by atoms with E-state index in [1.54, 1.807) is 32.7 Å². The summed E-state index contributed by atoms with van der Waals surface area (Å²) < 4.78 is 5.32. The van der Waals surface area contributed by atoms with Gasteiger partial charge in [-0.1, -0.05) is 27.7 Å². The first-order valence-corrected chi connectivity index (χ1v) is 12.1. The average molecular weight is 467 g/mol. The quantitative estimate of drug-likeness (QED) is 0.571. The van der Waals surface area contributed by atoms with E-state index in [2.05, 4.69) is 10.6 Å². The Hall–Kier alpha value is -2.32. The molecule has 0 spiro atoms. The zero-order valence-electron chi connectivity index (χ0n) is 21.4. The van der Waals surface area contributed by atoms with Gasteiger partial charge < -0.3 is 25.2 Å². The van der Waals surface area contributed by atoms with Crippen molar-refractivity contribution in [3.63, 3.8) is 0 Å². The lowest BCUT2D eigenvalue weighted by Crippen LogP contribution is -2.58. The van der Waals surface area contributed by atoms with Gasteiger partial charge in [-0.15, -0.1) is 0 Å². The molecule has 188 valence electrons. The minimum atomic E-state index is -0.809. The van der Waals surface area contributed by atoms with Gasteiger partial charge in [0.1, 0.15) is 23.7 Å². The number of ether oxygens (including phenoxy) is 1. The third kappa shape index (κ3) is 7.33. The van der Waals surface area contributed by atoms with E-state index in [0.29, 0.717) is 19.4 Å². The van der Waals surface area contributed by atoms with Crippen molar-refractivity contribution >= 4 is 23.8 Å². The van der Waals surface area contributed by atoms with Crippen LogP contribution in [0.5, 0.6) is 0 Å². The van der Waals surface area contributed by atoms with Crippen LogP contribution in [-0.2, 0) is 19.1 Å². The van der Waals surface area contributed by atoms with Crippen molar-refractivity contribution in [2.75, 3.05) is 13.6 Å². The summed E-state index contributed by atoms with van der Waals surface area (Å²) >= 11 is 0. The molecule has 2 fully saturated rings. The SMILES string of the molecule is CC(C)C(NC(=O)[C@@H]1CCCN1C(=O)[C@@H](NC(=O)OC(C)(C)C)C(C)C)C(=O)N(C)C1CC1. The molecule has 2 rings (SSSR count). The van der Waals surface area contributed by atoms with E-state index < -0.39 is 29.8 Å². The third-order valence-corrected chi connectivity index (χ3v) is 6.12. The van der Waals surface area contributed by atoms with Crippen LogP contribution < -0.4 is 10.6 Å². The van der Waals surface area contributed by atoms with Crippen molar-refractivity contribution in [1.82, 2.24) is 20.4 Å². The Kier molecular flexibility index (Phi) is 8.76. The molecule has 1 aliphatic heterocycles. The zero-order valence-corrected chi connectivity index (χ0v) is 21.4. The van der Waals surface area contributed by atoms with Gasteiger partial charge in [-0.2, -0.15) is 0 Å². The van der Waals surface area contributed by atoms with Crippen LogP contribution >= 0.6 is 0 Å². The largest absolute Gasteiger partial charge is 0.444 e. The third-order valence-electron chi connectivity index (χ3n) is 6.12. The fraction of sp³-hybridized carbons (Fsp3) is 0.833. The average Bonchev–Trinajstić information content (AvgIpc) is 3.42. The molecule has 1 saturated carbocycles. The number of hydrogen-bond acceptors (Lipinski definition) is 5. The molecule has 9 nitrogen and oxygen atoms in total. The molecule has 3 atom stereocenters. The molecule has 1 saturated heterocycles. The molecule has 1 heterocycles. The van der Waals surface area contributed by atoms with Gasteiger partial charge in [0.05, 0.1) is 0 Å². The van der Waals surface area contributed by atoms with E-state index in [1.807, 2.05) is 27.7 Å². The molecule has 0 aromatic heterocycles. The molecule has 2 aliphatic rings. The molecule has 1 aliphatic carbocycles. The van der Waals surface area contributed by atoms with Crippen molar-refractivity contribution in [3.8, 4) is 0 Å². The Bertz CT molecular complexity index is 742. The number of hydrogen-bond donors (Lipinski definition) is 2. The highest BCUT2D eigenvalue weighted by Crippen LogP contribution is 2.27. The summed E-state index contributed by atoms with van der Waals surface area (Å²) in [5, 5.41) is 5.59. The second-order valence-electron chi connectivity index (χ2n) is 11.0. The molecule has 33 heavy (non-hydrogen) atoms. The van der Waals surface area contributed by atoms with Gasteiger partial charge in [0.2, 0.25) is 17.7 Å². The molecule has 4 amide bonds. The second-order valence-corrected chi connectivity index (χ2v) is 11.0. The van der Waals surface area contributed by atoms with Crippen LogP contribution in [0, 0.1) is 11.8 Å². The summed E-state index contributed by atoms with van der Waals surface area (Å²) in [5.41, 5.74) is -0.684. The number of likely N-dealkylation sites (tertiary alicyclic amines) is 1. The maximum absolute atomic E-state index is 13.4. The first kappa shape index (κ1) is 26.9. The maximum Gasteiger partial charge on any atom is 0.408 e. The van der Waals surface area contributed by atoms with E-state index in [-0.39, 0.29) is 35.6 Å². The summed E-state index contributed by atoms with van der Waals surface area (Å²) in [4.78, 5) is 55.1. The van der Waals surface area contributed by atoms with Gasteiger partial charge in [-0.25, -0.2) is 4.79 Å². The van der Waals surface area contributed by atoms with Gasteiger partial charge in [0.25, 0.3) is 0 Å². The van der Waals surface area contributed by atoms with E-state index >= 15 is 0 Å². The van der Waals surface area contributed by atoms with Gasteiger partial charge >= 0.3 is 6.09 Å². The lowest BCUT2D eigenvalue weighted by atomic mass is 10.0. The molecule has 9 heteroatoms. The summed E-state index contributed by atoms with van der Waals surface area (Å²) in [7, 11) is 1.78. The normalized spacial score (nSPS) is 20.4. The van der Waals surface area contributed by atoms with Crippen molar-refractivity contribution < 1.29 is 23.9 Å². The van der Waals surface area contributed by atoms with E-state index in [4.69, 9.17) is 4.74 Å². The molecule has 0 aromatic carbocycles. The highest BCUT2D eigenvalue weighted by molar-refractivity contribution is 5.94. The Labute approximate surface area is 198 Å². The predicted octanol–water partition coefficient (Wildman–Crippen LogP) is 2.29. The molecular weight excluding hydrogens is 424 g/mol. The van der Waals surface area contributed by atoms with Crippen LogP contribution in [-0.4, -0.2) is 77.0 Å². The standard InChI is InChI=1S/C24H42N4O5/c1-14(2)18(21(30)27(8)16-11-12-16)25-20(29)17-10-9-13-28(17)22(31)19(15(3)4)26-23(32)33-24(5,6)7/h14-19H,9-13H2,1-8H3,(H,25,29)(H,26,32)/t17-,18?,19-/m0/s1. The molecule has 2 N–H and O–H groups in total. The Morgan fingerprint density at radius 1 is 0.939 bits per heavy atom. The molecule has 0 bridgehead atoms. The van der Waals surface area contributed by atoms with Crippen LogP contribution in [0.4, 0.5) is 4.79 Å².